The van der Waals surface area contributed by atoms with Crippen molar-refractivity contribution in [2.24, 2.45) is 0 Å². The Morgan fingerprint density at radius 1 is 1.21 bits per heavy atom. The predicted molar refractivity (Wildman–Crippen MR) is 94.3 cm³/mol. The minimum absolute atomic E-state index is 0.0764. The largest absolute Gasteiger partial charge is 0.497 e. The number of benzene rings is 1. The standard InChI is InChI=1S/C18H29N3O3/c1-15(22)13-20-9-11-21(12-10-20)14-18(23)19-8-7-16-3-5-17(24-2)6-4-16/h3-6,15,22H,7-14H2,1-2H3,(H,19,23)/t15-/m1/s1. The third kappa shape index (κ3) is 6.47. The minimum Gasteiger partial charge on any atom is -0.497 e. The van der Waals surface area contributed by atoms with Crippen molar-refractivity contribution in [3.8, 4) is 5.75 Å². The number of methoxy groups -OCH3 is 1. The summed E-state index contributed by atoms with van der Waals surface area (Å²) in [4.78, 5) is 16.4. The van der Waals surface area contributed by atoms with Crippen molar-refractivity contribution >= 4 is 5.91 Å². The van der Waals surface area contributed by atoms with Crippen LogP contribution in [-0.4, -0.2) is 79.8 Å². The average molecular weight is 335 g/mol. The van der Waals surface area contributed by atoms with Crippen molar-refractivity contribution in [1.29, 1.82) is 0 Å². The molecule has 0 spiro atoms. The first kappa shape index (κ1) is 18.7. The molecule has 0 bridgehead atoms. The Bertz CT molecular complexity index is 497. The molecule has 2 rings (SSSR count). The number of ether oxygens (including phenoxy) is 1. The zero-order valence-electron chi connectivity index (χ0n) is 14.7. The van der Waals surface area contributed by atoms with Crippen LogP contribution in [0.4, 0.5) is 0 Å². The summed E-state index contributed by atoms with van der Waals surface area (Å²) in [5.41, 5.74) is 1.18. The smallest absolute Gasteiger partial charge is 0.234 e. The van der Waals surface area contributed by atoms with Gasteiger partial charge < -0.3 is 15.2 Å². The van der Waals surface area contributed by atoms with Gasteiger partial charge in [0, 0.05) is 39.3 Å². The Morgan fingerprint density at radius 2 is 1.83 bits per heavy atom. The molecule has 0 aromatic heterocycles. The van der Waals surface area contributed by atoms with Gasteiger partial charge in [-0.3, -0.25) is 14.6 Å². The molecule has 1 fully saturated rings. The normalized spacial score (nSPS) is 17.5. The number of nitrogens with one attached hydrogen (secondary N) is 1. The third-order valence-electron chi connectivity index (χ3n) is 4.25. The van der Waals surface area contributed by atoms with Crippen LogP contribution in [0, 0.1) is 0 Å². The second kappa shape index (κ2) is 9.61. The molecule has 6 nitrogen and oxygen atoms in total. The first-order valence-electron chi connectivity index (χ1n) is 8.59. The van der Waals surface area contributed by atoms with Gasteiger partial charge in [-0.15, -0.1) is 0 Å². The van der Waals surface area contributed by atoms with E-state index in [1.54, 1.807) is 7.11 Å². The number of aliphatic hydroxyl groups is 1. The van der Waals surface area contributed by atoms with Crippen LogP contribution in [0.5, 0.6) is 5.75 Å². The molecule has 1 aromatic carbocycles. The Kier molecular flexibility index (Phi) is 7.49. The lowest BCUT2D eigenvalue weighted by atomic mass is 10.1. The maximum absolute atomic E-state index is 12.0. The van der Waals surface area contributed by atoms with Gasteiger partial charge in [0.05, 0.1) is 19.8 Å². The van der Waals surface area contributed by atoms with Gasteiger partial charge in [0.1, 0.15) is 5.75 Å². The molecule has 1 amide bonds. The Morgan fingerprint density at radius 3 is 2.42 bits per heavy atom. The van der Waals surface area contributed by atoms with Gasteiger partial charge in [0.15, 0.2) is 0 Å². The van der Waals surface area contributed by atoms with E-state index in [1.165, 1.54) is 5.56 Å². The summed E-state index contributed by atoms with van der Waals surface area (Å²) >= 11 is 0. The summed E-state index contributed by atoms with van der Waals surface area (Å²) in [6.45, 7) is 7.17. The number of carbonyl (C=O) groups is 1. The highest BCUT2D eigenvalue weighted by atomic mass is 16.5. The molecule has 0 saturated carbocycles. The lowest BCUT2D eigenvalue weighted by Gasteiger charge is -2.34. The summed E-state index contributed by atoms with van der Waals surface area (Å²) < 4.78 is 5.13. The fourth-order valence-corrected chi connectivity index (χ4v) is 2.90. The summed E-state index contributed by atoms with van der Waals surface area (Å²) in [6, 6.07) is 7.91. The van der Waals surface area contributed by atoms with Crippen molar-refractivity contribution in [3.63, 3.8) is 0 Å². The number of nitrogens with zero attached hydrogens (tertiary/aromatic N) is 2. The number of carbonyl (C=O) groups excluding carboxylic acids is 1. The fraction of sp³-hybridized carbons (Fsp3) is 0.611. The highest BCUT2D eigenvalue weighted by Gasteiger charge is 2.19. The zero-order valence-corrected chi connectivity index (χ0v) is 14.7. The van der Waals surface area contributed by atoms with Gasteiger partial charge in [-0.05, 0) is 31.0 Å². The highest BCUT2D eigenvalue weighted by Crippen LogP contribution is 2.11. The van der Waals surface area contributed by atoms with E-state index in [2.05, 4.69) is 15.1 Å². The van der Waals surface area contributed by atoms with Crippen LogP contribution >= 0.6 is 0 Å². The maximum atomic E-state index is 12.0. The topological polar surface area (TPSA) is 65.0 Å². The lowest BCUT2D eigenvalue weighted by molar-refractivity contribution is -0.122. The Balaban J connectivity index is 1.61. The Labute approximate surface area is 144 Å². The van der Waals surface area contributed by atoms with Gasteiger partial charge >= 0.3 is 0 Å². The molecule has 0 radical (unpaired) electrons. The number of rotatable bonds is 8. The number of hydrogen-bond donors (Lipinski definition) is 2. The maximum Gasteiger partial charge on any atom is 0.234 e. The Hall–Kier alpha value is -1.63. The average Bonchev–Trinajstić information content (AvgIpc) is 2.57. The predicted octanol–water partition coefficient (Wildman–Crippen LogP) is 0.352. The molecule has 1 heterocycles. The first-order chi connectivity index (χ1) is 11.6. The van der Waals surface area contributed by atoms with E-state index in [0.29, 0.717) is 19.6 Å². The van der Waals surface area contributed by atoms with E-state index in [-0.39, 0.29) is 12.0 Å². The van der Waals surface area contributed by atoms with Crippen molar-refractivity contribution in [3.05, 3.63) is 29.8 Å². The van der Waals surface area contributed by atoms with Crippen LogP contribution in [0.15, 0.2) is 24.3 Å². The zero-order chi connectivity index (χ0) is 17.4. The summed E-state index contributed by atoms with van der Waals surface area (Å²) in [5.74, 6) is 0.921. The fourth-order valence-electron chi connectivity index (χ4n) is 2.90. The van der Waals surface area contributed by atoms with E-state index in [1.807, 2.05) is 31.2 Å². The molecule has 24 heavy (non-hydrogen) atoms. The number of hydrogen-bond acceptors (Lipinski definition) is 5. The molecule has 134 valence electrons. The monoisotopic (exact) mass is 335 g/mol. The van der Waals surface area contributed by atoms with Gasteiger partial charge in [-0.2, -0.15) is 0 Å². The molecular formula is C18H29N3O3. The molecule has 1 aliphatic rings. The molecule has 2 N–H and O–H groups in total. The van der Waals surface area contributed by atoms with Crippen LogP contribution in [0.2, 0.25) is 0 Å². The minimum atomic E-state index is -0.294. The number of β-amino-alcohol motifs (C(OH)–C–C–N with tert-alkyl or cyclic N) is 1. The second-order valence-electron chi connectivity index (χ2n) is 6.37. The van der Waals surface area contributed by atoms with Crippen LogP contribution in [0.25, 0.3) is 0 Å². The summed E-state index contributed by atoms with van der Waals surface area (Å²) in [5, 5.41) is 12.4. The first-order valence-corrected chi connectivity index (χ1v) is 8.59. The van der Waals surface area contributed by atoms with E-state index < -0.39 is 0 Å². The van der Waals surface area contributed by atoms with Crippen molar-refractivity contribution in [2.75, 3.05) is 52.9 Å². The molecule has 1 atom stereocenters. The number of amides is 1. The number of piperazine rings is 1. The third-order valence-corrected chi connectivity index (χ3v) is 4.25. The summed E-state index contributed by atoms with van der Waals surface area (Å²) in [7, 11) is 1.65. The van der Waals surface area contributed by atoms with Crippen LogP contribution in [0.1, 0.15) is 12.5 Å². The quantitative estimate of drug-likeness (QED) is 0.718. The van der Waals surface area contributed by atoms with E-state index in [9.17, 15) is 9.90 Å². The van der Waals surface area contributed by atoms with Crippen LogP contribution in [0.3, 0.4) is 0 Å². The van der Waals surface area contributed by atoms with Gasteiger partial charge in [0.25, 0.3) is 0 Å². The van der Waals surface area contributed by atoms with Gasteiger partial charge in [-0.25, -0.2) is 0 Å². The van der Waals surface area contributed by atoms with Gasteiger partial charge in [-0.1, -0.05) is 12.1 Å². The summed E-state index contributed by atoms with van der Waals surface area (Å²) in [6.07, 6.45) is 0.524. The van der Waals surface area contributed by atoms with E-state index >= 15 is 0 Å². The second-order valence-corrected chi connectivity index (χ2v) is 6.37. The molecule has 1 aromatic rings. The molecule has 0 unspecified atom stereocenters. The van der Waals surface area contributed by atoms with Crippen LogP contribution in [-0.2, 0) is 11.2 Å². The molecule has 1 saturated heterocycles. The van der Waals surface area contributed by atoms with Crippen molar-refractivity contribution in [1.82, 2.24) is 15.1 Å². The highest BCUT2D eigenvalue weighted by molar-refractivity contribution is 5.78. The van der Waals surface area contributed by atoms with Crippen molar-refractivity contribution < 1.29 is 14.6 Å². The van der Waals surface area contributed by atoms with Crippen molar-refractivity contribution in [2.45, 2.75) is 19.4 Å². The molecule has 0 aliphatic carbocycles. The van der Waals surface area contributed by atoms with E-state index in [4.69, 9.17) is 4.74 Å². The SMILES string of the molecule is COc1ccc(CCNC(=O)CN2CCN(C[C@@H](C)O)CC2)cc1. The molecule has 6 heteroatoms. The number of aliphatic hydroxyl groups excluding tert-OH is 1. The van der Waals surface area contributed by atoms with E-state index in [0.717, 1.165) is 38.3 Å². The molecule has 1 aliphatic heterocycles. The lowest BCUT2D eigenvalue weighted by Crippen LogP contribution is -2.50. The van der Waals surface area contributed by atoms with Gasteiger partial charge in [0.2, 0.25) is 5.91 Å². The van der Waals surface area contributed by atoms with Crippen LogP contribution < -0.4 is 10.1 Å². The molecular weight excluding hydrogens is 306 g/mol.